The first-order valence-electron chi connectivity index (χ1n) is 7.60. The smallest absolute Gasteiger partial charge is 0.332 e. The molecule has 8 heteroatoms. The Morgan fingerprint density at radius 3 is 2.75 bits per heavy atom. The second-order valence-electron chi connectivity index (χ2n) is 6.14. The van der Waals surface area contributed by atoms with Crippen LogP contribution in [-0.2, 0) is 19.3 Å². The third-order valence-electron chi connectivity index (χ3n) is 3.96. The summed E-state index contributed by atoms with van der Waals surface area (Å²) in [6, 6.07) is 4.45. The molecule has 0 saturated heterocycles. The van der Waals surface area contributed by atoms with Crippen molar-refractivity contribution >= 4 is 5.91 Å². The molecule has 0 N–H and O–H groups in total. The summed E-state index contributed by atoms with van der Waals surface area (Å²) in [7, 11) is 0. The number of amides is 1. The summed E-state index contributed by atoms with van der Waals surface area (Å²) < 4.78 is 40.1. The van der Waals surface area contributed by atoms with Crippen LogP contribution in [-0.4, -0.2) is 32.1 Å². The van der Waals surface area contributed by atoms with Gasteiger partial charge in [-0.15, -0.1) is 0 Å². The number of hydrogen-bond donors (Lipinski definition) is 0. The van der Waals surface area contributed by atoms with Crippen molar-refractivity contribution in [2.45, 2.75) is 33.1 Å². The first-order chi connectivity index (χ1) is 11.3. The van der Waals surface area contributed by atoms with Gasteiger partial charge in [-0.2, -0.15) is 18.3 Å². The summed E-state index contributed by atoms with van der Waals surface area (Å²) in [5.74, 6) is -0.304. The fraction of sp³-hybridized carbons (Fsp3) is 0.438. The molecule has 0 aliphatic carbocycles. The van der Waals surface area contributed by atoms with E-state index in [9.17, 15) is 18.0 Å². The van der Waals surface area contributed by atoms with Gasteiger partial charge in [-0.3, -0.25) is 14.5 Å². The topological polar surface area (TPSA) is 51.0 Å². The Bertz CT molecular complexity index is 769. The Labute approximate surface area is 137 Å². The molecule has 3 rings (SSSR count). The van der Waals surface area contributed by atoms with Gasteiger partial charge < -0.3 is 4.90 Å². The minimum absolute atomic E-state index is 0.0935. The van der Waals surface area contributed by atoms with E-state index in [-0.39, 0.29) is 18.4 Å². The average Bonchev–Trinajstić information content (AvgIpc) is 3.00. The lowest BCUT2D eigenvalue weighted by atomic mass is 10.1. The maximum atomic E-state index is 13.0. The zero-order valence-corrected chi connectivity index (χ0v) is 13.3. The average molecular weight is 338 g/mol. The van der Waals surface area contributed by atoms with Crippen LogP contribution < -0.4 is 0 Å². The number of hydrogen-bond acceptors (Lipinski definition) is 3. The number of rotatable bonds is 4. The Hall–Kier alpha value is -2.38. The van der Waals surface area contributed by atoms with Crippen molar-refractivity contribution in [1.82, 2.24) is 19.7 Å². The minimum atomic E-state index is -4.44. The molecular formula is C16H17F3N4O. The van der Waals surface area contributed by atoms with Crippen molar-refractivity contribution in [2.75, 3.05) is 6.54 Å². The van der Waals surface area contributed by atoms with Gasteiger partial charge in [-0.25, -0.2) is 0 Å². The molecular weight excluding hydrogens is 321 g/mol. The van der Waals surface area contributed by atoms with Crippen molar-refractivity contribution in [3.63, 3.8) is 0 Å². The molecule has 1 atom stereocenters. The van der Waals surface area contributed by atoms with Crippen LogP contribution in [0.2, 0.25) is 0 Å². The highest BCUT2D eigenvalue weighted by molar-refractivity contribution is 5.97. The quantitative estimate of drug-likeness (QED) is 0.861. The van der Waals surface area contributed by atoms with E-state index in [4.69, 9.17) is 0 Å². The van der Waals surface area contributed by atoms with Gasteiger partial charge in [-0.1, -0.05) is 6.92 Å². The van der Waals surface area contributed by atoms with Gasteiger partial charge in [0.1, 0.15) is 5.69 Å². The van der Waals surface area contributed by atoms with Crippen LogP contribution in [0.1, 0.15) is 34.4 Å². The van der Waals surface area contributed by atoms with E-state index in [1.165, 1.54) is 6.92 Å². The highest BCUT2D eigenvalue weighted by Gasteiger charge is 2.36. The standard InChI is InChI=1S/C16H17F3N4O/c1-10(8-23-14(16(17,18)19)6-11(2)21-23)7-22-9-13-12(15(22)24)4-3-5-20-13/h3-6,10H,7-9H2,1-2H3/t10-/m0/s1. The fourth-order valence-electron chi connectivity index (χ4n) is 2.97. The second kappa shape index (κ2) is 5.92. The number of carbonyl (C=O) groups excluding carboxylic acids is 1. The van der Waals surface area contributed by atoms with Crippen LogP contribution in [0.5, 0.6) is 0 Å². The fourth-order valence-corrected chi connectivity index (χ4v) is 2.97. The Kier molecular flexibility index (Phi) is 4.06. The highest BCUT2D eigenvalue weighted by atomic mass is 19.4. The van der Waals surface area contributed by atoms with Crippen molar-refractivity contribution in [3.05, 3.63) is 47.0 Å². The van der Waals surface area contributed by atoms with Gasteiger partial charge in [0.25, 0.3) is 5.91 Å². The Balaban J connectivity index is 1.70. The zero-order chi connectivity index (χ0) is 17.5. The summed E-state index contributed by atoms with van der Waals surface area (Å²) in [4.78, 5) is 18.1. The molecule has 2 aromatic heterocycles. The number of nitrogens with zero attached hydrogens (tertiary/aromatic N) is 4. The van der Waals surface area contributed by atoms with Gasteiger partial charge in [0.2, 0.25) is 0 Å². The molecule has 2 aromatic rings. The van der Waals surface area contributed by atoms with Crippen LogP contribution in [0, 0.1) is 12.8 Å². The number of aryl methyl sites for hydroxylation is 1. The van der Waals surface area contributed by atoms with Crippen molar-refractivity contribution < 1.29 is 18.0 Å². The molecule has 1 amide bonds. The molecule has 128 valence electrons. The molecule has 1 aliphatic rings. The SMILES string of the molecule is Cc1cc(C(F)(F)F)n(C[C@@H](C)CN2Cc3ncccc3C2=O)n1. The molecule has 3 heterocycles. The predicted molar refractivity (Wildman–Crippen MR) is 80.1 cm³/mol. The van der Waals surface area contributed by atoms with Gasteiger partial charge in [0.05, 0.1) is 23.5 Å². The van der Waals surface area contributed by atoms with Crippen molar-refractivity contribution in [1.29, 1.82) is 0 Å². The maximum absolute atomic E-state index is 13.0. The van der Waals surface area contributed by atoms with E-state index in [1.807, 2.05) is 0 Å². The molecule has 0 saturated carbocycles. The van der Waals surface area contributed by atoms with Gasteiger partial charge in [0.15, 0.2) is 0 Å². The summed E-state index contributed by atoms with van der Waals surface area (Å²) in [5, 5.41) is 3.93. The molecule has 0 aromatic carbocycles. The number of fused-ring (bicyclic) bond motifs is 1. The molecule has 0 fully saturated rings. The lowest BCUT2D eigenvalue weighted by molar-refractivity contribution is -0.144. The number of pyridine rings is 1. The van der Waals surface area contributed by atoms with Gasteiger partial charge >= 0.3 is 6.18 Å². The Morgan fingerprint density at radius 1 is 1.33 bits per heavy atom. The second-order valence-corrected chi connectivity index (χ2v) is 6.14. The van der Waals surface area contributed by atoms with E-state index >= 15 is 0 Å². The van der Waals surface area contributed by atoms with Crippen LogP contribution in [0.4, 0.5) is 13.2 Å². The summed E-state index contributed by atoms with van der Waals surface area (Å²) >= 11 is 0. The predicted octanol–water partition coefficient (Wildman–Crippen LogP) is 2.90. The number of carbonyl (C=O) groups is 1. The van der Waals surface area contributed by atoms with Crippen molar-refractivity contribution in [2.24, 2.45) is 5.92 Å². The third kappa shape index (κ3) is 3.13. The molecule has 5 nitrogen and oxygen atoms in total. The summed E-state index contributed by atoms with van der Waals surface area (Å²) in [5.41, 5.74) is 0.837. The molecule has 0 bridgehead atoms. The zero-order valence-electron chi connectivity index (χ0n) is 13.3. The van der Waals surface area contributed by atoms with Gasteiger partial charge in [-0.05, 0) is 31.0 Å². The first-order valence-corrected chi connectivity index (χ1v) is 7.60. The van der Waals surface area contributed by atoms with E-state index in [0.29, 0.717) is 30.0 Å². The number of halogens is 3. The molecule has 1 aliphatic heterocycles. The molecule has 0 spiro atoms. The molecule has 0 unspecified atom stereocenters. The number of alkyl halides is 3. The monoisotopic (exact) mass is 338 g/mol. The summed E-state index contributed by atoms with van der Waals surface area (Å²) in [6.45, 7) is 4.18. The molecule has 24 heavy (non-hydrogen) atoms. The molecule has 0 radical (unpaired) electrons. The van der Waals surface area contributed by atoms with Crippen LogP contribution >= 0.6 is 0 Å². The van der Waals surface area contributed by atoms with Gasteiger partial charge in [0, 0.05) is 19.3 Å². The lowest BCUT2D eigenvalue weighted by Crippen LogP contribution is -2.31. The Morgan fingerprint density at radius 2 is 2.08 bits per heavy atom. The van der Waals surface area contributed by atoms with E-state index < -0.39 is 11.9 Å². The third-order valence-corrected chi connectivity index (χ3v) is 3.96. The first kappa shape index (κ1) is 16.5. The number of aromatic nitrogens is 3. The lowest BCUT2D eigenvalue weighted by Gasteiger charge is -2.21. The van der Waals surface area contributed by atoms with Crippen LogP contribution in [0.15, 0.2) is 24.4 Å². The highest BCUT2D eigenvalue weighted by Crippen LogP contribution is 2.30. The summed E-state index contributed by atoms with van der Waals surface area (Å²) in [6.07, 6.45) is -2.81. The van der Waals surface area contributed by atoms with Crippen molar-refractivity contribution in [3.8, 4) is 0 Å². The minimum Gasteiger partial charge on any atom is -0.332 e. The largest absolute Gasteiger partial charge is 0.433 e. The van der Waals surface area contributed by atoms with E-state index in [0.717, 1.165) is 10.7 Å². The van der Waals surface area contributed by atoms with Crippen LogP contribution in [0.3, 0.4) is 0 Å². The maximum Gasteiger partial charge on any atom is 0.433 e. The van der Waals surface area contributed by atoms with E-state index in [2.05, 4.69) is 10.1 Å². The van der Waals surface area contributed by atoms with Crippen LogP contribution in [0.25, 0.3) is 0 Å². The normalized spacial score (nSPS) is 15.7. The van der Waals surface area contributed by atoms with E-state index in [1.54, 1.807) is 30.2 Å².